The number of thioether (sulfide) groups is 1. The number of aryl methyl sites for hydroxylation is 1. The summed E-state index contributed by atoms with van der Waals surface area (Å²) in [7, 11) is 0. The van der Waals surface area contributed by atoms with Gasteiger partial charge in [-0.25, -0.2) is 0 Å². The highest BCUT2D eigenvalue weighted by molar-refractivity contribution is 8.00. The van der Waals surface area contributed by atoms with Gasteiger partial charge in [0, 0.05) is 25.5 Å². The molecule has 0 spiro atoms. The van der Waals surface area contributed by atoms with Gasteiger partial charge in [0.05, 0.1) is 17.0 Å². The summed E-state index contributed by atoms with van der Waals surface area (Å²) in [6.07, 6.45) is 5.49. The number of ketones is 2. The van der Waals surface area contributed by atoms with Crippen LogP contribution in [-0.4, -0.2) is 33.5 Å². The Labute approximate surface area is 193 Å². The second kappa shape index (κ2) is 9.70. The van der Waals surface area contributed by atoms with E-state index in [1.165, 1.54) is 12.5 Å². The Hall–Kier alpha value is -2.92. The Morgan fingerprint density at radius 1 is 1.03 bits per heavy atom. The first-order chi connectivity index (χ1) is 15.5. The zero-order chi connectivity index (χ0) is 22.7. The third-order valence-electron chi connectivity index (χ3n) is 6.00. The highest BCUT2D eigenvalue weighted by Gasteiger charge is 2.52. The first-order valence-electron chi connectivity index (χ1n) is 11.0. The highest BCUT2D eigenvalue weighted by Crippen LogP contribution is 2.45. The van der Waals surface area contributed by atoms with Crippen LogP contribution in [0.2, 0.25) is 0 Å². The van der Waals surface area contributed by atoms with Crippen molar-refractivity contribution >= 4 is 35.3 Å². The predicted molar refractivity (Wildman–Crippen MR) is 129 cm³/mol. The fourth-order valence-corrected chi connectivity index (χ4v) is 5.65. The Morgan fingerprint density at radius 2 is 1.75 bits per heavy atom. The predicted octanol–water partition coefficient (Wildman–Crippen LogP) is 4.84. The van der Waals surface area contributed by atoms with Crippen LogP contribution in [0, 0.1) is 5.92 Å². The normalized spacial score (nSPS) is 20.3. The quantitative estimate of drug-likeness (QED) is 0.546. The molecule has 1 amide bonds. The molecule has 4 rings (SSSR count). The monoisotopic (exact) mass is 445 g/mol. The fourth-order valence-electron chi connectivity index (χ4n) is 4.26. The largest absolute Gasteiger partial charge is 0.299 e. The van der Waals surface area contributed by atoms with Crippen molar-refractivity contribution in [2.24, 2.45) is 5.92 Å². The molecule has 0 radical (unpaired) electrons. The molecule has 4 nitrogen and oxygen atoms in total. The van der Waals surface area contributed by atoms with E-state index in [-0.39, 0.29) is 35.2 Å². The minimum Gasteiger partial charge on any atom is -0.299 e. The minimum absolute atomic E-state index is 0.0596. The van der Waals surface area contributed by atoms with Gasteiger partial charge < -0.3 is 0 Å². The zero-order valence-corrected chi connectivity index (χ0v) is 19.2. The number of rotatable bonds is 8. The van der Waals surface area contributed by atoms with Crippen molar-refractivity contribution in [1.82, 2.24) is 4.90 Å². The third kappa shape index (κ3) is 4.63. The molecule has 0 N–H and O–H groups in total. The van der Waals surface area contributed by atoms with Crippen molar-refractivity contribution in [3.63, 3.8) is 0 Å². The van der Waals surface area contributed by atoms with Crippen LogP contribution in [0.3, 0.4) is 0 Å². The summed E-state index contributed by atoms with van der Waals surface area (Å²) in [6.45, 7) is 3.63. The van der Waals surface area contributed by atoms with Crippen LogP contribution < -0.4 is 0 Å². The molecule has 1 fully saturated rings. The summed E-state index contributed by atoms with van der Waals surface area (Å²) in [6, 6.07) is 17.9. The van der Waals surface area contributed by atoms with Crippen LogP contribution in [0.5, 0.6) is 0 Å². The molecule has 2 aromatic rings. The number of amides is 1. The van der Waals surface area contributed by atoms with Gasteiger partial charge in [0.1, 0.15) is 5.78 Å². The van der Waals surface area contributed by atoms with Crippen LogP contribution in [0.15, 0.2) is 71.9 Å². The van der Waals surface area contributed by atoms with Gasteiger partial charge in [-0.05, 0) is 28.7 Å². The van der Waals surface area contributed by atoms with Gasteiger partial charge in [0.25, 0.3) is 0 Å². The van der Waals surface area contributed by atoms with Gasteiger partial charge in [-0.3, -0.25) is 19.3 Å². The average molecular weight is 446 g/mol. The van der Waals surface area contributed by atoms with E-state index in [1.54, 1.807) is 16.7 Å². The smallest absolute Gasteiger partial charge is 0.234 e. The standard InChI is InChI=1S/C27H27NO3S/c1-3-19-9-11-20(12-10-19)13-14-22-17-32-27-24(26(31)28(27)25(22)18(2)29)16-23(30)15-21-7-5-4-6-8-21/h4-14,24,27H,3,15-17H2,1-2H3/t24-,27-/m1/s1. The molecule has 0 aromatic heterocycles. The number of nitrogens with zero attached hydrogens (tertiary/aromatic N) is 1. The SMILES string of the molecule is CCc1ccc(C=CC2=C(C(C)=O)N3C(=O)[C@@H](CC(=O)Cc4ccccc4)[C@H]3SC2)cc1. The molecule has 0 saturated carbocycles. The number of β-lactam (4-membered cyclic amide) rings is 1. The van der Waals surface area contributed by atoms with Gasteiger partial charge in [0.2, 0.25) is 5.91 Å². The lowest BCUT2D eigenvalue weighted by Crippen LogP contribution is -2.61. The summed E-state index contributed by atoms with van der Waals surface area (Å²) >= 11 is 1.64. The Morgan fingerprint density at radius 3 is 2.41 bits per heavy atom. The van der Waals surface area contributed by atoms with Gasteiger partial charge in [0.15, 0.2) is 5.78 Å². The Balaban J connectivity index is 1.47. The summed E-state index contributed by atoms with van der Waals surface area (Å²) < 4.78 is 0. The summed E-state index contributed by atoms with van der Waals surface area (Å²) in [5.41, 5.74) is 4.64. The van der Waals surface area contributed by atoms with Crippen molar-refractivity contribution in [3.8, 4) is 0 Å². The zero-order valence-electron chi connectivity index (χ0n) is 18.4. The molecule has 1 saturated heterocycles. The van der Waals surface area contributed by atoms with Gasteiger partial charge in [-0.15, -0.1) is 11.8 Å². The third-order valence-corrected chi connectivity index (χ3v) is 7.36. The molecular formula is C27H27NO3S. The number of benzene rings is 2. The van der Waals surface area contributed by atoms with E-state index >= 15 is 0 Å². The maximum absolute atomic E-state index is 12.9. The molecule has 2 atom stereocenters. The summed E-state index contributed by atoms with van der Waals surface area (Å²) in [5, 5.41) is -0.137. The molecule has 2 aliphatic rings. The first-order valence-corrected chi connectivity index (χ1v) is 12.0. The van der Waals surface area contributed by atoms with Crippen molar-refractivity contribution < 1.29 is 14.4 Å². The van der Waals surface area contributed by atoms with E-state index in [0.717, 1.165) is 23.1 Å². The molecular weight excluding hydrogens is 418 g/mol. The molecule has 5 heteroatoms. The molecule has 0 aliphatic carbocycles. The Bertz CT molecular complexity index is 1090. The number of hydrogen-bond acceptors (Lipinski definition) is 4. The van der Waals surface area contributed by atoms with Crippen molar-refractivity contribution in [2.75, 3.05) is 5.75 Å². The van der Waals surface area contributed by atoms with Crippen molar-refractivity contribution in [3.05, 3.63) is 88.6 Å². The van der Waals surface area contributed by atoms with E-state index in [1.807, 2.05) is 42.5 Å². The van der Waals surface area contributed by atoms with Gasteiger partial charge >= 0.3 is 0 Å². The number of hydrogen-bond donors (Lipinski definition) is 0. The lowest BCUT2D eigenvalue weighted by atomic mass is 9.88. The van der Waals surface area contributed by atoms with E-state index in [4.69, 9.17) is 0 Å². The number of fused-ring (bicyclic) bond motifs is 1. The lowest BCUT2D eigenvalue weighted by molar-refractivity contribution is -0.150. The lowest BCUT2D eigenvalue weighted by Gasteiger charge is -2.50. The molecule has 32 heavy (non-hydrogen) atoms. The fraction of sp³-hybridized carbons (Fsp3) is 0.296. The average Bonchev–Trinajstić information content (AvgIpc) is 2.81. The van der Waals surface area contributed by atoms with Crippen LogP contribution in [0.1, 0.15) is 37.0 Å². The summed E-state index contributed by atoms with van der Waals surface area (Å²) in [4.78, 5) is 39.5. The molecule has 0 unspecified atom stereocenters. The Kier molecular flexibility index (Phi) is 6.75. The van der Waals surface area contributed by atoms with Crippen LogP contribution >= 0.6 is 11.8 Å². The topological polar surface area (TPSA) is 54.5 Å². The number of allylic oxidation sites excluding steroid dienone is 2. The molecule has 2 aromatic carbocycles. The van der Waals surface area contributed by atoms with E-state index in [9.17, 15) is 14.4 Å². The first kappa shape index (κ1) is 22.3. The van der Waals surface area contributed by atoms with Gasteiger partial charge in [-0.1, -0.05) is 73.7 Å². The second-order valence-electron chi connectivity index (χ2n) is 8.28. The van der Waals surface area contributed by atoms with E-state index < -0.39 is 0 Å². The van der Waals surface area contributed by atoms with Crippen LogP contribution in [-0.2, 0) is 27.2 Å². The molecule has 2 heterocycles. The van der Waals surface area contributed by atoms with Crippen LogP contribution in [0.25, 0.3) is 6.08 Å². The highest BCUT2D eigenvalue weighted by atomic mass is 32.2. The second-order valence-corrected chi connectivity index (χ2v) is 9.38. The summed E-state index contributed by atoms with van der Waals surface area (Å²) in [5.74, 6) is 0.128. The van der Waals surface area contributed by atoms with Crippen molar-refractivity contribution in [1.29, 1.82) is 0 Å². The van der Waals surface area contributed by atoms with E-state index in [0.29, 0.717) is 17.9 Å². The molecule has 0 bridgehead atoms. The number of Topliss-reactive ketones (excluding diaryl/α,β-unsaturated/α-hetero) is 2. The minimum atomic E-state index is -0.349. The van der Waals surface area contributed by atoms with Gasteiger partial charge in [-0.2, -0.15) is 0 Å². The number of carbonyl (C=O) groups excluding carboxylic acids is 3. The molecule has 164 valence electrons. The van der Waals surface area contributed by atoms with Crippen LogP contribution in [0.4, 0.5) is 0 Å². The maximum Gasteiger partial charge on any atom is 0.234 e. The van der Waals surface area contributed by atoms with Crippen molar-refractivity contribution in [2.45, 2.75) is 38.5 Å². The van der Waals surface area contributed by atoms with E-state index in [2.05, 4.69) is 31.2 Å². The molecule has 2 aliphatic heterocycles. The maximum atomic E-state index is 12.9. The number of carbonyl (C=O) groups is 3.